The average molecular weight is 539 g/mol. The van der Waals surface area contributed by atoms with Crippen LogP contribution in [-0.2, 0) is 0 Å². The van der Waals surface area contributed by atoms with Crippen molar-refractivity contribution in [3.8, 4) is 22.3 Å². The first kappa shape index (κ1) is 24.2. The first-order valence-electron chi connectivity index (χ1n) is 14.1. The fourth-order valence-corrected chi connectivity index (χ4v) is 5.91. The third-order valence-corrected chi connectivity index (χ3v) is 7.89. The smallest absolute Gasteiger partial charge is 0.149 e. The van der Waals surface area contributed by atoms with E-state index in [1.807, 2.05) is 24.4 Å². The van der Waals surface area contributed by atoms with Gasteiger partial charge in [0.05, 0.1) is 5.39 Å². The normalized spacial score (nSPS) is 11.3. The number of rotatable bonds is 5. The minimum atomic E-state index is 0.815. The molecule has 0 atom stereocenters. The third-order valence-electron chi connectivity index (χ3n) is 7.89. The van der Waals surface area contributed by atoms with Crippen LogP contribution in [-0.4, -0.2) is 4.98 Å². The van der Waals surface area contributed by atoms with E-state index >= 15 is 0 Å². The van der Waals surface area contributed by atoms with E-state index in [-0.39, 0.29) is 0 Å². The zero-order valence-corrected chi connectivity index (χ0v) is 22.8. The van der Waals surface area contributed by atoms with E-state index in [9.17, 15) is 0 Å². The van der Waals surface area contributed by atoms with Crippen LogP contribution in [0.2, 0.25) is 0 Å². The van der Waals surface area contributed by atoms with Crippen LogP contribution in [0.5, 0.6) is 0 Å². The Labute approximate surface area is 243 Å². The molecule has 0 unspecified atom stereocenters. The average Bonchev–Trinajstić information content (AvgIpc) is 3.46. The van der Waals surface area contributed by atoms with Gasteiger partial charge in [0.25, 0.3) is 0 Å². The predicted octanol–water partition coefficient (Wildman–Crippen LogP) is 10.9. The van der Waals surface area contributed by atoms with Crippen molar-refractivity contribution >= 4 is 49.9 Å². The summed E-state index contributed by atoms with van der Waals surface area (Å²) in [5.74, 6) is 0.831. The van der Waals surface area contributed by atoms with Crippen LogP contribution in [0.1, 0.15) is 0 Å². The highest BCUT2D eigenvalue weighted by Crippen LogP contribution is 2.44. The zero-order chi connectivity index (χ0) is 27.9. The number of nitrogens with zero attached hydrogens (tertiary/aromatic N) is 2. The number of benzene rings is 6. The summed E-state index contributed by atoms with van der Waals surface area (Å²) in [6, 6.07) is 53.0. The van der Waals surface area contributed by atoms with Crippen LogP contribution < -0.4 is 4.90 Å². The van der Waals surface area contributed by atoms with Crippen molar-refractivity contribution in [3.63, 3.8) is 0 Å². The molecule has 0 fully saturated rings. The van der Waals surface area contributed by atoms with E-state index in [1.54, 1.807) is 0 Å². The lowest BCUT2D eigenvalue weighted by Crippen LogP contribution is -2.12. The van der Waals surface area contributed by atoms with Gasteiger partial charge in [-0.1, -0.05) is 115 Å². The van der Waals surface area contributed by atoms with Crippen molar-refractivity contribution < 1.29 is 4.42 Å². The number of pyridine rings is 1. The lowest BCUT2D eigenvalue weighted by Gasteiger charge is -2.26. The predicted molar refractivity (Wildman–Crippen MR) is 175 cm³/mol. The molecule has 3 nitrogen and oxygen atoms in total. The molecular weight excluding hydrogens is 512 g/mol. The minimum absolute atomic E-state index is 0.815. The van der Waals surface area contributed by atoms with Crippen molar-refractivity contribution in [2.75, 3.05) is 4.90 Å². The van der Waals surface area contributed by atoms with E-state index in [4.69, 9.17) is 9.40 Å². The fraction of sp³-hybridized carbons (Fsp3) is 0. The second kappa shape index (κ2) is 10.1. The van der Waals surface area contributed by atoms with Crippen molar-refractivity contribution in [2.24, 2.45) is 0 Å². The highest BCUT2D eigenvalue weighted by molar-refractivity contribution is 6.18. The second-order valence-electron chi connectivity index (χ2n) is 10.4. The quantitative estimate of drug-likeness (QED) is 0.218. The van der Waals surface area contributed by atoms with Crippen molar-refractivity contribution in [3.05, 3.63) is 158 Å². The van der Waals surface area contributed by atoms with Crippen molar-refractivity contribution in [1.82, 2.24) is 4.98 Å². The molecule has 42 heavy (non-hydrogen) atoms. The van der Waals surface area contributed by atoms with Gasteiger partial charge in [0.15, 0.2) is 0 Å². The number of furan rings is 1. The maximum Gasteiger partial charge on any atom is 0.149 e. The summed E-state index contributed by atoms with van der Waals surface area (Å²) in [5.41, 5.74) is 8.38. The molecular formula is C39H26N2O. The molecule has 0 aliphatic heterocycles. The highest BCUT2D eigenvalue weighted by atomic mass is 16.3. The van der Waals surface area contributed by atoms with Crippen LogP contribution in [0.15, 0.2) is 162 Å². The molecule has 8 aromatic rings. The Hall–Kier alpha value is -5.67. The largest absolute Gasteiger partial charge is 0.455 e. The van der Waals surface area contributed by atoms with Gasteiger partial charge in [0.2, 0.25) is 0 Å². The van der Waals surface area contributed by atoms with E-state index in [2.05, 4.69) is 138 Å². The van der Waals surface area contributed by atoms with E-state index in [0.29, 0.717) is 0 Å². The Morgan fingerprint density at radius 2 is 1.07 bits per heavy atom. The van der Waals surface area contributed by atoms with Gasteiger partial charge < -0.3 is 4.42 Å². The third kappa shape index (κ3) is 4.11. The Morgan fingerprint density at radius 3 is 1.74 bits per heavy atom. The molecule has 0 spiro atoms. The van der Waals surface area contributed by atoms with Gasteiger partial charge in [-0.05, 0) is 64.0 Å². The molecule has 0 N–H and O–H groups in total. The standard InChI is InChI=1S/C39H26N2O/c1-3-11-27(12-4-1)30-16-9-18-32(25-30)41(33-19-10-17-31(26-33)28-13-5-2-6-14-28)39-37-35-22-21-29-15-7-8-20-34(29)38(35)42-36(37)23-24-40-39/h1-26H. The summed E-state index contributed by atoms with van der Waals surface area (Å²) in [4.78, 5) is 7.29. The molecule has 0 radical (unpaired) electrons. The molecule has 198 valence electrons. The van der Waals surface area contributed by atoms with Gasteiger partial charge in [-0.25, -0.2) is 4.98 Å². The zero-order valence-electron chi connectivity index (χ0n) is 22.8. The maximum absolute atomic E-state index is 6.55. The molecule has 0 saturated heterocycles. The molecule has 0 amide bonds. The lowest BCUT2D eigenvalue weighted by atomic mass is 10.0. The summed E-state index contributed by atoms with van der Waals surface area (Å²) in [5, 5.41) is 4.30. The number of hydrogen-bond acceptors (Lipinski definition) is 3. The molecule has 3 heteroatoms. The summed E-state index contributed by atoms with van der Waals surface area (Å²) in [6.07, 6.45) is 1.84. The Bertz CT molecular complexity index is 2120. The monoisotopic (exact) mass is 538 g/mol. The topological polar surface area (TPSA) is 29.3 Å². The van der Waals surface area contributed by atoms with Gasteiger partial charge in [0, 0.05) is 28.3 Å². The summed E-state index contributed by atoms with van der Waals surface area (Å²) in [7, 11) is 0. The maximum atomic E-state index is 6.55. The van der Waals surface area contributed by atoms with Crippen LogP contribution in [0.3, 0.4) is 0 Å². The van der Waals surface area contributed by atoms with Crippen LogP contribution >= 0.6 is 0 Å². The molecule has 0 bridgehead atoms. The van der Waals surface area contributed by atoms with Crippen LogP contribution in [0, 0.1) is 0 Å². The highest BCUT2D eigenvalue weighted by Gasteiger charge is 2.22. The number of hydrogen-bond donors (Lipinski definition) is 0. The Balaban J connectivity index is 1.40. The second-order valence-corrected chi connectivity index (χ2v) is 10.4. The Morgan fingerprint density at radius 1 is 0.476 bits per heavy atom. The van der Waals surface area contributed by atoms with Crippen LogP contribution in [0.4, 0.5) is 17.2 Å². The number of anilines is 3. The van der Waals surface area contributed by atoms with Crippen molar-refractivity contribution in [2.45, 2.75) is 0 Å². The van der Waals surface area contributed by atoms with Gasteiger partial charge >= 0.3 is 0 Å². The Kier molecular flexibility index (Phi) is 5.79. The molecule has 0 aliphatic carbocycles. The molecule has 2 aromatic heterocycles. The van der Waals surface area contributed by atoms with E-state index in [1.165, 1.54) is 11.1 Å². The molecule has 6 aromatic carbocycles. The SMILES string of the molecule is c1ccc(-c2cccc(N(c3cccc(-c4ccccc4)c3)c3nccc4oc5c6ccccc6ccc5c34)c2)cc1. The van der Waals surface area contributed by atoms with E-state index < -0.39 is 0 Å². The van der Waals surface area contributed by atoms with Gasteiger partial charge in [-0.3, -0.25) is 4.90 Å². The molecule has 0 saturated carbocycles. The minimum Gasteiger partial charge on any atom is -0.455 e. The fourth-order valence-electron chi connectivity index (χ4n) is 5.91. The van der Waals surface area contributed by atoms with Gasteiger partial charge in [-0.15, -0.1) is 0 Å². The van der Waals surface area contributed by atoms with Crippen molar-refractivity contribution in [1.29, 1.82) is 0 Å². The molecule has 8 rings (SSSR count). The van der Waals surface area contributed by atoms with Gasteiger partial charge in [-0.2, -0.15) is 0 Å². The lowest BCUT2D eigenvalue weighted by molar-refractivity contribution is 0.672. The first-order valence-corrected chi connectivity index (χ1v) is 14.1. The van der Waals surface area contributed by atoms with E-state index in [0.717, 1.165) is 61.0 Å². The molecule has 0 aliphatic rings. The first-order chi connectivity index (χ1) is 20.8. The number of fused-ring (bicyclic) bond motifs is 5. The van der Waals surface area contributed by atoms with Crippen LogP contribution in [0.25, 0.3) is 55.0 Å². The summed E-state index contributed by atoms with van der Waals surface area (Å²) in [6.45, 7) is 0. The van der Waals surface area contributed by atoms with Gasteiger partial charge in [0.1, 0.15) is 17.0 Å². The summed E-state index contributed by atoms with van der Waals surface area (Å²) >= 11 is 0. The number of aromatic nitrogens is 1. The molecule has 2 heterocycles. The summed E-state index contributed by atoms with van der Waals surface area (Å²) < 4.78 is 6.55.